The van der Waals surface area contributed by atoms with E-state index < -0.39 is 0 Å². The number of hydrogen-bond donors (Lipinski definition) is 1. The molecular weight excluding hydrogens is 304 g/mol. The lowest BCUT2D eigenvalue weighted by Crippen LogP contribution is -2.41. The molecule has 4 rings (SSSR count). The first kappa shape index (κ1) is 14.9. The quantitative estimate of drug-likeness (QED) is 0.880. The zero-order chi connectivity index (χ0) is 16.7. The van der Waals surface area contributed by atoms with Gasteiger partial charge in [-0.15, -0.1) is 0 Å². The van der Waals surface area contributed by atoms with Gasteiger partial charge in [0.1, 0.15) is 5.75 Å². The van der Waals surface area contributed by atoms with Crippen molar-refractivity contribution in [1.82, 2.24) is 10.2 Å². The second kappa shape index (κ2) is 5.76. The van der Waals surface area contributed by atoms with Crippen molar-refractivity contribution in [3.63, 3.8) is 0 Å². The number of rotatable bonds is 3. The molecule has 0 aromatic heterocycles. The van der Waals surface area contributed by atoms with E-state index in [4.69, 9.17) is 4.74 Å². The van der Waals surface area contributed by atoms with Gasteiger partial charge in [0.2, 0.25) is 0 Å². The Hall–Kier alpha value is -2.66. The second-order valence-corrected chi connectivity index (χ2v) is 6.06. The number of nitrogens with one attached hydrogen (secondary N) is 1. The average molecular weight is 322 g/mol. The monoisotopic (exact) mass is 322 g/mol. The number of benzene rings is 2. The smallest absolute Gasteiger partial charge is 0.261 e. The van der Waals surface area contributed by atoms with Gasteiger partial charge in [-0.25, -0.2) is 0 Å². The number of imide groups is 1. The number of fused-ring (bicyclic) bond motifs is 2. The van der Waals surface area contributed by atoms with Crippen LogP contribution in [0.4, 0.5) is 0 Å². The molecule has 1 atom stereocenters. The van der Waals surface area contributed by atoms with E-state index in [0.29, 0.717) is 17.7 Å². The summed E-state index contributed by atoms with van der Waals surface area (Å²) < 4.78 is 5.49. The molecule has 0 fully saturated rings. The molecule has 0 saturated carbocycles. The van der Waals surface area contributed by atoms with E-state index in [2.05, 4.69) is 11.4 Å². The van der Waals surface area contributed by atoms with Crippen LogP contribution in [0.1, 0.15) is 37.9 Å². The van der Waals surface area contributed by atoms with Gasteiger partial charge < -0.3 is 10.1 Å². The van der Waals surface area contributed by atoms with Crippen LogP contribution in [0.3, 0.4) is 0 Å². The molecule has 2 heterocycles. The van der Waals surface area contributed by atoms with E-state index in [1.807, 2.05) is 12.1 Å². The summed E-state index contributed by atoms with van der Waals surface area (Å²) in [6.45, 7) is 1.12. The Labute approximate surface area is 140 Å². The zero-order valence-electron chi connectivity index (χ0n) is 13.4. The SMILES string of the molecule is COc1cccc2c1C(CN1C(=O)c3ccccc3C1=O)NCC2. The average Bonchev–Trinajstić information content (AvgIpc) is 2.87. The zero-order valence-corrected chi connectivity index (χ0v) is 13.4. The van der Waals surface area contributed by atoms with Crippen molar-refractivity contribution in [2.24, 2.45) is 0 Å². The van der Waals surface area contributed by atoms with E-state index in [-0.39, 0.29) is 17.9 Å². The van der Waals surface area contributed by atoms with Crippen molar-refractivity contribution in [2.45, 2.75) is 12.5 Å². The van der Waals surface area contributed by atoms with Gasteiger partial charge in [-0.1, -0.05) is 24.3 Å². The Morgan fingerprint density at radius 1 is 1.08 bits per heavy atom. The molecule has 1 unspecified atom stereocenters. The number of hydrogen-bond acceptors (Lipinski definition) is 4. The molecule has 2 amide bonds. The minimum atomic E-state index is -0.223. The van der Waals surface area contributed by atoms with Crippen LogP contribution in [0.2, 0.25) is 0 Å². The summed E-state index contributed by atoms with van der Waals surface area (Å²) in [5.74, 6) is 0.347. The molecule has 2 aliphatic heterocycles. The van der Waals surface area contributed by atoms with Crippen molar-refractivity contribution in [2.75, 3.05) is 20.2 Å². The maximum absolute atomic E-state index is 12.6. The summed E-state index contributed by atoms with van der Waals surface area (Å²) in [5, 5.41) is 3.42. The lowest BCUT2D eigenvalue weighted by atomic mass is 9.93. The molecule has 2 aromatic carbocycles. The van der Waals surface area contributed by atoms with Gasteiger partial charge >= 0.3 is 0 Å². The van der Waals surface area contributed by atoms with Gasteiger partial charge in [0.25, 0.3) is 11.8 Å². The van der Waals surface area contributed by atoms with Crippen LogP contribution in [-0.2, 0) is 6.42 Å². The molecule has 0 spiro atoms. The van der Waals surface area contributed by atoms with Gasteiger partial charge in [0, 0.05) is 12.1 Å². The highest BCUT2D eigenvalue weighted by Crippen LogP contribution is 2.34. The third-order valence-corrected chi connectivity index (χ3v) is 4.75. The normalized spacial score (nSPS) is 19.2. The van der Waals surface area contributed by atoms with Gasteiger partial charge in [0.05, 0.1) is 24.3 Å². The molecular formula is C19H18N2O3. The van der Waals surface area contributed by atoms with Gasteiger partial charge in [-0.3, -0.25) is 14.5 Å². The molecule has 24 heavy (non-hydrogen) atoms. The van der Waals surface area contributed by atoms with E-state index in [1.54, 1.807) is 31.4 Å². The standard InChI is InChI=1S/C19H18N2O3/c1-24-16-8-4-5-12-9-10-20-15(17(12)16)11-21-18(22)13-6-2-3-7-14(13)19(21)23/h2-8,15,20H,9-11H2,1H3. The highest BCUT2D eigenvalue weighted by molar-refractivity contribution is 6.21. The van der Waals surface area contributed by atoms with Gasteiger partial charge in [-0.2, -0.15) is 0 Å². The first-order chi connectivity index (χ1) is 11.7. The van der Waals surface area contributed by atoms with Crippen LogP contribution in [0, 0.1) is 0 Å². The number of carbonyl (C=O) groups excluding carboxylic acids is 2. The number of carbonyl (C=O) groups is 2. The Morgan fingerprint density at radius 2 is 1.79 bits per heavy atom. The molecule has 1 N–H and O–H groups in total. The lowest BCUT2D eigenvalue weighted by molar-refractivity contribution is 0.0636. The summed E-state index contributed by atoms with van der Waals surface area (Å²) in [6.07, 6.45) is 0.908. The molecule has 2 aromatic rings. The maximum atomic E-state index is 12.6. The lowest BCUT2D eigenvalue weighted by Gasteiger charge is -2.31. The first-order valence-corrected chi connectivity index (χ1v) is 8.05. The third kappa shape index (κ3) is 2.20. The number of ether oxygens (including phenoxy) is 1. The third-order valence-electron chi connectivity index (χ3n) is 4.75. The number of nitrogens with zero attached hydrogens (tertiary/aromatic N) is 1. The Bertz CT molecular complexity index is 782. The van der Waals surface area contributed by atoms with Crippen LogP contribution in [0.25, 0.3) is 0 Å². The predicted molar refractivity (Wildman–Crippen MR) is 89.3 cm³/mol. The summed E-state index contributed by atoms with van der Waals surface area (Å²) >= 11 is 0. The first-order valence-electron chi connectivity index (χ1n) is 8.05. The maximum Gasteiger partial charge on any atom is 0.261 e. The molecule has 2 aliphatic rings. The minimum absolute atomic E-state index is 0.118. The predicted octanol–water partition coefficient (Wildman–Crippen LogP) is 2.18. The fourth-order valence-corrected chi connectivity index (χ4v) is 3.61. The van der Waals surface area contributed by atoms with E-state index in [9.17, 15) is 9.59 Å². The minimum Gasteiger partial charge on any atom is -0.496 e. The van der Waals surface area contributed by atoms with Crippen molar-refractivity contribution < 1.29 is 14.3 Å². The highest BCUT2D eigenvalue weighted by Gasteiger charge is 2.37. The van der Waals surface area contributed by atoms with Crippen molar-refractivity contribution >= 4 is 11.8 Å². The van der Waals surface area contributed by atoms with E-state index in [0.717, 1.165) is 24.3 Å². The van der Waals surface area contributed by atoms with Crippen LogP contribution >= 0.6 is 0 Å². The van der Waals surface area contributed by atoms with Crippen molar-refractivity contribution in [3.05, 3.63) is 64.7 Å². The molecule has 122 valence electrons. The largest absolute Gasteiger partial charge is 0.496 e. The van der Waals surface area contributed by atoms with E-state index >= 15 is 0 Å². The second-order valence-electron chi connectivity index (χ2n) is 6.06. The Balaban J connectivity index is 1.67. The van der Waals surface area contributed by atoms with Gasteiger partial charge in [-0.05, 0) is 36.7 Å². The highest BCUT2D eigenvalue weighted by atomic mass is 16.5. The Morgan fingerprint density at radius 3 is 2.46 bits per heavy atom. The molecule has 0 saturated heterocycles. The van der Waals surface area contributed by atoms with Crippen LogP contribution in [0.5, 0.6) is 5.75 Å². The summed E-state index contributed by atoms with van der Waals surface area (Å²) in [6, 6.07) is 12.8. The van der Waals surface area contributed by atoms with Crippen LogP contribution < -0.4 is 10.1 Å². The summed E-state index contributed by atoms with van der Waals surface area (Å²) in [7, 11) is 1.64. The number of amides is 2. The molecule has 5 nitrogen and oxygen atoms in total. The Kier molecular flexibility index (Phi) is 3.58. The fourth-order valence-electron chi connectivity index (χ4n) is 3.61. The van der Waals surface area contributed by atoms with Crippen LogP contribution in [-0.4, -0.2) is 36.9 Å². The molecule has 0 bridgehead atoms. The molecule has 5 heteroatoms. The molecule has 0 aliphatic carbocycles. The fraction of sp³-hybridized carbons (Fsp3) is 0.263. The number of methoxy groups -OCH3 is 1. The van der Waals surface area contributed by atoms with Crippen molar-refractivity contribution in [1.29, 1.82) is 0 Å². The molecule has 0 radical (unpaired) electrons. The topological polar surface area (TPSA) is 58.6 Å². The van der Waals surface area contributed by atoms with Gasteiger partial charge in [0.15, 0.2) is 0 Å². The van der Waals surface area contributed by atoms with E-state index in [1.165, 1.54) is 10.5 Å². The van der Waals surface area contributed by atoms with Crippen molar-refractivity contribution in [3.8, 4) is 5.75 Å². The summed E-state index contributed by atoms with van der Waals surface area (Å²) in [5.41, 5.74) is 3.22. The summed E-state index contributed by atoms with van der Waals surface area (Å²) in [4.78, 5) is 26.5. The van der Waals surface area contributed by atoms with Crippen LogP contribution in [0.15, 0.2) is 42.5 Å².